The van der Waals surface area contributed by atoms with Crippen LogP contribution in [0.2, 0.25) is 0 Å². The summed E-state index contributed by atoms with van der Waals surface area (Å²) < 4.78 is 0. The smallest absolute Gasteiger partial charge is 0.253 e. The van der Waals surface area contributed by atoms with E-state index in [0.29, 0.717) is 17.2 Å². The number of piperidine rings is 1. The van der Waals surface area contributed by atoms with Gasteiger partial charge in [0.2, 0.25) is 0 Å². The van der Waals surface area contributed by atoms with Crippen molar-refractivity contribution in [3.63, 3.8) is 0 Å². The molecule has 1 aliphatic heterocycles. The van der Waals surface area contributed by atoms with Crippen LogP contribution in [0.5, 0.6) is 0 Å². The molecule has 0 spiro atoms. The second kappa shape index (κ2) is 11.2. The molecule has 26 heavy (non-hydrogen) atoms. The number of nitrogens with one attached hydrogen (secondary N) is 1. The molecule has 1 aromatic carbocycles. The summed E-state index contributed by atoms with van der Waals surface area (Å²) in [6.45, 7) is 7.18. The molecule has 1 N–H and O–H groups in total. The number of halogens is 1. The SMILES string of the molecule is CCCN(CCC)C(=O)c1cccc(C(=O)N2CCC(NC)CC2)c1.Cl. The van der Waals surface area contributed by atoms with E-state index in [1.54, 1.807) is 6.07 Å². The Kier molecular flexibility index (Phi) is 9.66. The maximum Gasteiger partial charge on any atom is 0.253 e. The van der Waals surface area contributed by atoms with Gasteiger partial charge in [0.25, 0.3) is 11.8 Å². The van der Waals surface area contributed by atoms with Crippen molar-refractivity contribution in [3.8, 4) is 0 Å². The molecule has 0 unspecified atom stereocenters. The van der Waals surface area contributed by atoms with Gasteiger partial charge in [0, 0.05) is 43.3 Å². The first-order valence-electron chi connectivity index (χ1n) is 9.46. The molecule has 5 nitrogen and oxygen atoms in total. The molecule has 146 valence electrons. The van der Waals surface area contributed by atoms with Gasteiger partial charge in [-0.2, -0.15) is 0 Å². The van der Waals surface area contributed by atoms with E-state index in [-0.39, 0.29) is 24.2 Å². The minimum Gasteiger partial charge on any atom is -0.339 e. The fraction of sp³-hybridized carbons (Fsp3) is 0.600. The van der Waals surface area contributed by atoms with E-state index in [1.807, 2.05) is 35.0 Å². The Hall–Kier alpha value is -1.59. The minimum absolute atomic E-state index is 0. The standard InChI is InChI=1S/C20H31N3O2.ClH/c1-4-11-22(12-5-2)19(24)16-7-6-8-17(15-16)20(25)23-13-9-18(21-3)10-14-23;/h6-8,15,18,21H,4-5,9-14H2,1-3H3;1H. The maximum absolute atomic E-state index is 12.8. The monoisotopic (exact) mass is 381 g/mol. The first-order valence-corrected chi connectivity index (χ1v) is 9.46. The topological polar surface area (TPSA) is 52.7 Å². The van der Waals surface area contributed by atoms with E-state index in [2.05, 4.69) is 19.2 Å². The summed E-state index contributed by atoms with van der Waals surface area (Å²) in [6.07, 6.45) is 3.82. The molecule has 0 saturated carbocycles. The minimum atomic E-state index is 0. The normalized spacial score (nSPS) is 14.7. The van der Waals surface area contributed by atoms with Gasteiger partial charge in [0.15, 0.2) is 0 Å². The predicted molar refractivity (Wildman–Crippen MR) is 108 cm³/mol. The number of hydrogen-bond donors (Lipinski definition) is 1. The zero-order valence-corrected chi connectivity index (χ0v) is 17.0. The number of benzene rings is 1. The number of carbonyl (C=O) groups is 2. The summed E-state index contributed by atoms with van der Waals surface area (Å²) in [7, 11) is 1.97. The number of nitrogens with zero attached hydrogens (tertiary/aromatic N) is 2. The average molecular weight is 382 g/mol. The van der Waals surface area contributed by atoms with Gasteiger partial charge in [-0.15, -0.1) is 12.4 Å². The lowest BCUT2D eigenvalue weighted by atomic mass is 10.0. The van der Waals surface area contributed by atoms with E-state index >= 15 is 0 Å². The van der Waals surface area contributed by atoms with Crippen molar-refractivity contribution in [2.75, 3.05) is 33.2 Å². The first kappa shape index (κ1) is 22.5. The maximum atomic E-state index is 12.8. The van der Waals surface area contributed by atoms with Crippen LogP contribution >= 0.6 is 12.4 Å². The average Bonchev–Trinajstić information content (AvgIpc) is 2.67. The molecule has 0 bridgehead atoms. The Morgan fingerprint density at radius 1 is 1.12 bits per heavy atom. The van der Waals surface area contributed by atoms with Crippen LogP contribution in [0.3, 0.4) is 0 Å². The number of likely N-dealkylation sites (tertiary alicyclic amines) is 1. The highest BCUT2D eigenvalue weighted by Gasteiger charge is 2.23. The largest absolute Gasteiger partial charge is 0.339 e. The molecule has 2 rings (SSSR count). The quantitative estimate of drug-likeness (QED) is 0.789. The lowest BCUT2D eigenvalue weighted by Crippen LogP contribution is -2.44. The van der Waals surface area contributed by atoms with Gasteiger partial charge in [-0.25, -0.2) is 0 Å². The van der Waals surface area contributed by atoms with E-state index in [4.69, 9.17) is 0 Å². The van der Waals surface area contributed by atoms with Gasteiger partial charge < -0.3 is 15.1 Å². The van der Waals surface area contributed by atoms with Gasteiger partial charge in [-0.05, 0) is 50.9 Å². The Morgan fingerprint density at radius 3 is 2.23 bits per heavy atom. The van der Waals surface area contributed by atoms with E-state index in [0.717, 1.165) is 51.9 Å². The molecule has 0 atom stereocenters. The third kappa shape index (κ3) is 5.71. The zero-order valence-electron chi connectivity index (χ0n) is 16.2. The number of carbonyl (C=O) groups excluding carboxylic acids is 2. The highest BCUT2D eigenvalue weighted by Crippen LogP contribution is 2.16. The lowest BCUT2D eigenvalue weighted by Gasteiger charge is -2.32. The summed E-state index contributed by atoms with van der Waals surface area (Å²) in [5, 5.41) is 3.28. The molecular weight excluding hydrogens is 350 g/mol. The summed E-state index contributed by atoms with van der Waals surface area (Å²) in [5.41, 5.74) is 1.22. The highest BCUT2D eigenvalue weighted by atomic mass is 35.5. The van der Waals surface area contributed by atoms with Crippen LogP contribution < -0.4 is 5.32 Å². The van der Waals surface area contributed by atoms with E-state index < -0.39 is 0 Å². The molecule has 1 fully saturated rings. The third-order valence-electron chi connectivity index (χ3n) is 4.82. The van der Waals surface area contributed by atoms with Gasteiger partial charge in [0.05, 0.1) is 0 Å². The lowest BCUT2D eigenvalue weighted by molar-refractivity contribution is 0.0707. The van der Waals surface area contributed by atoms with Gasteiger partial charge in [-0.1, -0.05) is 19.9 Å². The van der Waals surface area contributed by atoms with Crippen LogP contribution in [0.1, 0.15) is 60.2 Å². The van der Waals surface area contributed by atoms with E-state index in [1.165, 1.54) is 0 Å². The fourth-order valence-electron chi connectivity index (χ4n) is 3.38. The van der Waals surface area contributed by atoms with Crippen molar-refractivity contribution >= 4 is 24.2 Å². The Bertz CT molecular complexity index is 580. The molecule has 1 aliphatic rings. The van der Waals surface area contributed by atoms with Crippen LogP contribution in [0, 0.1) is 0 Å². The van der Waals surface area contributed by atoms with Crippen molar-refractivity contribution in [1.82, 2.24) is 15.1 Å². The predicted octanol–water partition coefficient (Wildman–Crippen LogP) is 3.19. The summed E-state index contributed by atoms with van der Waals surface area (Å²) in [4.78, 5) is 29.3. The molecule has 1 aromatic rings. The van der Waals surface area contributed by atoms with Crippen LogP contribution in [0.15, 0.2) is 24.3 Å². The summed E-state index contributed by atoms with van der Waals surface area (Å²) >= 11 is 0. The van der Waals surface area contributed by atoms with Crippen molar-refractivity contribution in [3.05, 3.63) is 35.4 Å². The summed E-state index contributed by atoms with van der Waals surface area (Å²) in [5.74, 6) is 0.0500. The van der Waals surface area contributed by atoms with Gasteiger partial charge >= 0.3 is 0 Å². The number of hydrogen-bond acceptors (Lipinski definition) is 3. The third-order valence-corrected chi connectivity index (χ3v) is 4.82. The second-order valence-electron chi connectivity index (χ2n) is 6.73. The summed E-state index contributed by atoms with van der Waals surface area (Å²) in [6, 6.07) is 7.69. The number of amides is 2. The van der Waals surface area contributed by atoms with E-state index in [9.17, 15) is 9.59 Å². The van der Waals surface area contributed by atoms with Crippen molar-refractivity contribution in [1.29, 1.82) is 0 Å². The highest BCUT2D eigenvalue weighted by molar-refractivity contribution is 5.99. The fourth-order valence-corrected chi connectivity index (χ4v) is 3.38. The molecule has 0 aromatic heterocycles. The van der Waals surface area contributed by atoms with Crippen LogP contribution in [-0.2, 0) is 0 Å². The molecule has 1 saturated heterocycles. The molecule has 2 amide bonds. The molecule has 0 radical (unpaired) electrons. The van der Waals surface area contributed by atoms with Crippen LogP contribution in [0.4, 0.5) is 0 Å². The van der Waals surface area contributed by atoms with Crippen LogP contribution in [-0.4, -0.2) is 60.9 Å². The van der Waals surface area contributed by atoms with Gasteiger partial charge in [0.1, 0.15) is 0 Å². The zero-order chi connectivity index (χ0) is 18.2. The number of rotatable bonds is 7. The van der Waals surface area contributed by atoms with Crippen molar-refractivity contribution in [2.45, 2.75) is 45.6 Å². The molecule has 1 heterocycles. The van der Waals surface area contributed by atoms with Crippen molar-refractivity contribution < 1.29 is 9.59 Å². The molecule has 0 aliphatic carbocycles. The Labute approximate surface area is 163 Å². The Balaban J connectivity index is 0.00000338. The van der Waals surface area contributed by atoms with Crippen molar-refractivity contribution in [2.24, 2.45) is 0 Å². The molecular formula is C20H32ClN3O2. The van der Waals surface area contributed by atoms with Crippen LogP contribution in [0.25, 0.3) is 0 Å². The van der Waals surface area contributed by atoms with Gasteiger partial charge in [-0.3, -0.25) is 9.59 Å². The first-order chi connectivity index (χ1) is 12.1. The second-order valence-corrected chi connectivity index (χ2v) is 6.73. The Morgan fingerprint density at radius 2 is 1.69 bits per heavy atom. The molecule has 6 heteroatoms.